The number of nitrogens with one attached hydrogen (secondary N) is 1. The van der Waals surface area contributed by atoms with Gasteiger partial charge in [0.1, 0.15) is 0 Å². The van der Waals surface area contributed by atoms with Crippen LogP contribution >= 0.6 is 0 Å². The van der Waals surface area contributed by atoms with Crippen molar-refractivity contribution in [2.45, 2.75) is 58.8 Å². The molecule has 0 bridgehead atoms. The van der Waals surface area contributed by atoms with E-state index in [1.54, 1.807) is 14.1 Å². The molecule has 29 heavy (non-hydrogen) atoms. The molecule has 0 aliphatic carbocycles. The van der Waals surface area contributed by atoms with Crippen molar-refractivity contribution in [3.05, 3.63) is 47.3 Å². The van der Waals surface area contributed by atoms with E-state index >= 15 is 0 Å². The molecule has 0 saturated carbocycles. The Balaban J connectivity index is 2.22. The van der Waals surface area contributed by atoms with Crippen molar-refractivity contribution in [2.24, 2.45) is 0 Å². The van der Waals surface area contributed by atoms with Gasteiger partial charge < -0.3 is 15.0 Å². The van der Waals surface area contributed by atoms with E-state index in [0.717, 1.165) is 18.7 Å². The van der Waals surface area contributed by atoms with Gasteiger partial charge in [0.25, 0.3) is 0 Å². The molecule has 6 heteroatoms. The van der Waals surface area contributed by atoms with Crippen molar-refractivity contribution in [1.29, 1.82) is 0 Å². The van der Waals surface area contributed by atoms with E-state index in [-0.39, 0.29) is 5.92 Å². The number of rotatable bonds is 9. The Morgan fingerprint density at radius 3 is 2.45 bits per heavy atom. The SMILES string of the molecule is CCCCC(CNc1nc(C)c(OC(=O)N(C)C)c(C(C)C)n1)c1ccccc1. The van der Waals surface area contributed by atoms with E-state index in [0.29, 0.717) is 23.3 Å². The molecular weight excluding hydrogens is 364 g/mol. The summed E-state index contributed by atoms with van der Waals surface area (Å²) in [6, 6.07) is 10.6. The average Bonchev–Trinajstić information content (AvgIpc) is 2.70. The summed E-state index contributed by atoms with van der Waals surface area (Å²) in [6.45, 7) is 8.89. The lowest BCUT2D eigenvalue weighted by molar-refractivity contribution is 0.170. The molecule has 1 atom stereocenters. The van der Waals surface area contributed by atoms with Gasteiger partial charge in [0, 0.05) is 26.6 Å². The summed E-state index contributed by atoms with van der Waals surface area (Å²) in [5.41, 5.74) is 2.72. The summed E-state index contributed by atoms with van der Waals surface area (Å²) in [4.78, 5) is 22.7. The third-order valence-corrected chi connectivity index (χ3v) is 4.85. The smallest absolute Gasteiger partial charge is 0.406 e. The molecule has 1 N–H and O–H groups in total. The maximum atomic E-state index is 12.0. The lowest BCUT2D eigenvalue weighted by Gasteiger charge is -2.20. The first kappa shape index (κ1) is 22.7. The Labute approximate surface area is 174 Å². The topological polar surface area (TPSA) is 67.4 Å². The predicted molar refractivity (Wildman–Crippen MR) is 118 cm³/mol. The molecule has 0 radical (unpaired) electrons. The van der Waals surface area contributed by atoms with Crippen LogP contribution in [0.4, 0.5) is 10.7 Å². The molecule has 2 aromatic rings. The molecule has 0 aliphatic rings. The lowest BCUT2D eigenvalue weighted by Crippen LogP contribution is -2.26. The van der Waals surface area contributed by atoms with Gasteiger partial charge >= 0.3 is 6.09 Å². The minimum atomic E-state index is -0.428. The fourth-order valence-corrected chi connectivity index (χ4v) is 3.14. The Hall–Kier alpha value is -2.63. The van der Waals surface area contributed by atoms with Gasteiger partial charge in [-0.05, 0) is 24.8 Å². The maximum Gasteiger partial charge on any atom is 0.414 e. The number of anilines is 1. The number of nitrogens with zero attached hydrogens (tertiary/aromatic N) is 3. The van der Waals surface area contributed by atoms with Crippen LogP contribution < -0.4 is 10.1 Å². The van der Waals surface area contributed by atoms with Crippen LogP contribution in [-0.4, -0.2) is 41.6 Å². The highest BCUT2D eigenvalue weighted by Crippen LogP contribution is 2.29. The summed E-state index contributed by atoms with van der Waals surface area (Å²) in [5, 5.41) is 3.42. The Morgan fingerprint density at radius 2 is 1.86 bits per heavy atom. The van der Waals surface area contributed by atoms with Crippen LogP contribution in [0.25, 0.3) is 0 Å². The molecule has 2 rings (SSSR count). The largest absolute Gasteiger partial charge is 0.414 e. The fourth-order valence-electron chi connectivity index (χ4n) is 3.14. The van der Waals surface area contributed by atoms with E-state index in [4.69, 9.17) is 4.74 Å². The molecule has 0 fully saturated rings. The first-order chi connectivity index (χ1) is 13.8. The van der Waals surface area contributed by atoms with Gasteiger partial charge in [0.05, 0.1) is 11.4 Å². The van der Waals surface area contributed by atoms with Crippen molar-refractivity contribution in [3.63, 3.8) is 0 Å². The number of carbonyl (C=O) groups excluding carboxylic acids is 1. The second kappa shape index (κ2) is 10.8. The molecule has 0 saturated heterocycles. The molecule has 1 heterocycles. The Morgan fingerprint density at radius 1 is 1.17 bits per heavy atom. The van der Waals surface area contributed by atoms with Gasteiger partial charge in [-0.3, -0.25) is 0 Å². The van der Waals surface area contributed by atoms with E-state index in [1.807, 2.05) is 26.8 Å². The number of benzene rings is 1. The molecule has 1 aromatic carbocycles. The number of unbranched alkanes of at least 4 members (excludes halogenated alkanes) is 1. The van der Waals surface area contributed by atoms with Crippen LogP contribution in [0.3, 0.4) is 0 Å². The van der Waals surface area contributed by atoms with Crippen molar-refractivity contribution < 1.29 is 9.53 Å². The molecule has 0 aliphatic heterocycles. The van der Waals surface area contributed by atoms with Crippen molar-refractivity contribution in [3.8, 4) is 5.75 Å². The zero-order valence-corrected chi connectivity index (χ0v) is 18.5. The highest BCUT2D eigenvalue weighted by Gasteiger charge is 2.20. The molecule has 1 unspecified atom stereocenters. The van der Waals surface area contributed by atoms with Gasteiger partial charge in [-0.2, -0.15) is 0 Å². The van der Waals surface area contributed by atoms with Crippen molar-refractivity contribution in [1.82, 2.24) is 14.9 Å². The molecule has 1 amide bonds. The minimum absolute atomic E-state index is 0.104. The van der Waals surface area contributed by atoms with Crippen LogP contribution in [0.1, 0.15) is 68.8 Å². The third kappa shape index (κ3) is 6.44. The number of ether oxygens (including phenoxy) is 1. The average molecular weight is 399 g/mol. The van der Waals surface area contributed by atoms with Gasteiger partial charge in [-0.25, -0.2) is 14.8 Å². The zero-order valence-electron chi connectivity index (χ0n) is 18.5. The summed E-state index contributed by atoms with van der Waals surface area (Å²) in [7, 11) is 3.31. The molecule has 0 spiro atoms. The second-order valence-electron chi connectivity index (χ2n) is 7.89. The number of carbonyl (C=O) groups is 1. The quantitative estimate of drug-likeness (QED) is 0.616. The number of hydrogen-bond acceptors (Lipinski definition) is 5. The Bertz CT molecular complexity index is 791. The van der Waals surface area contributed by atoms with Crippen LogP contribution in [0, 0.1) is 6.92 Å². The van der Waals surface area contributed by atoms with E-state index in [2.05, 4.69) is 46.5 Å². The summed E-state index contributed by atoms with van der Waals surface area (Å²) >= 11 is 0. The number of aryl methyl sites for hydroxylation is 1. The number of aromatic nitrogens is 2. The van der Waals surface area contributed by atoms with Gasteiger partial charge in [0.2, 0.25) is 5.95 Å². The van der Waals surface area contributed by atoms with Gasteiger partial charge in [0.15, 0.2) is 5.75 Å². The molecule has 6 nitrogen and oxygen atoms in total. The molecular formula is C23H34N4O2. The maximum absolute atomic E-state index is 12.0. The highest BCUT2D eigenvalue weighted by molar-refractivity contribution is 5.70. The van der Waals surface area contributed by atoms with Gasteiger partial charge in [-0.15, -0.1) is 0 Å². The van der Waals surface area contributed by atoms with Crippen LogP contribution in [0.5, 0.6) is 5.75 Å². The van der Waals surface area contributed by atoms with Crippen LogP contribution in [0.2, 0.25) is 0 Å². The third-order valence-electron chi connectivity index (χ3n) is 4.85. The van der Waals surface area contributed by atoms with Crippen LogP contribution in [0.15, 0.2) is 30.3 Å². The summed E-state index contributed by atoms with van der Waals surface area (Å²) in [6.07, 6.45) is 3.03. The standard InChI is InChI=1S/C23H34N4O2/c1-7-8-12-19(18-13-10-9-11-14-18)15-24-22-25-17(4)21(20(26-22)16(2)3)29-23(28)27(5)6/h9-11,13-14,16,19H,7-8,12,15H2,1-6H3,(H,24,25,26). The zero-order chi connectivity index (χ0) is 21.4. The van der Waals surface area contributed by atoms with Gasteiger partial charge in [-0.1, -0.05) is 63.9 Å². The molecule has 1 aromatic heterocycles. The predicted octanol–water partition coefficient (Wildman–Crippen LogP) is 5.35. The fraction of sp³-hybridized carbons (Fsp3) is 0.522. The van der Waals surface area contributed by atoms with Crippen molar-refractivity contribution in [2.75, 3.05) is 26.0 Å². The Kier molecular flexibility index (Phi) is 8.43. The van der Waals surface area contributed by atoms with E-state index in [1.165, 1.54) is 23.3 Å². The van der Waals surface area contributed by atoms with Crippen molar-refractivity contribution >= 4 is 12.0 Å². The monoisotopic (exact) mass is 398 g/mol. The highest BCUT2D eigenvalue weighted by atomic mass is 16.6. The first-order valence-corrected chi connectivity index (χ1v) is 10.4. The number of amides is 1. The normalized spacial score (nSPS) is 12.0. The first-order valence-electron chi connectivity index (χ1n) is 10.4. The minimum Gasteiger partial charge on any atom is -0.406 e. The lowest BCUT2D eigenvalue weighted by atomic mass is 9.93. The molecule has 158 valence electrons. The van der Waals surface area contributed by atoms with E-state index in [9.17, 15) is 4.79 Å². The van der Waals surface area contributed by atoms with E-state index < -0.39 is 6.09 Å². The van der Waals surface area contributed by atoms with Crippen LogP contribution in [-0.2, 0) is 0 Å². The number of hydrogen-bond donors (Lipinski definition) is 1. The summed E-state index contributed by atoms with van der Waals surface area (Å²) in [5.74, 6) is 1.53. The second-order valence-corrected chi connectivity index (χ2v) is 7.89. The summed E-state index contributed by atoms with van der Waals surface area (Å²) < 4.78 is 5.54.